The number of nitrogens with zero attached hydrogens (tertiary/aromatic N) is 2. The fraction of sp³-hybridized carbons (Fsp3) is 0.350. The highest BCUT2D eigenvalue weighted by atomic mass is 16.5. The number of likely N-dealkylation sites (N-methyl/N-ethyl adjacent to an activating group) is 1. The minimum absolute atomic E-state index is 0.581. The molecule has 0 aromatic heterocycles. The van der Waals surface area contributed by atoms with Gasteiger partial charge in [-0.1, -0.05) is 24.3 Å². The van der Waals surface area contributed by atoms with Gasteiger partial charge in [-0.2, -0.15) is 0 Å². The van der Waals surface area contributed by atoms with Crippen LogP contribution >= 0.6 is 0 Å². The standard InChI is InChI=1S/C20H27N3O3/c1-21-20(23(2)12-13-26-17-8-6-5-7-9-17)22-15-16-10-11-18(24-3)19(14-16)25-4/h5-11,14H,12-13,15H2,1-4H3,(H,21,22). The van der Waals surface area contributed by atoms with Crippen LogP contribution in [0.5, 0.6) is 17.2 Å². The molecule has 140 valence electrons. The van der Waals surface area contributed by atoms with Gasteiger partial charge >= 0.3 is 0 Å². The molecule has 0 atom stereocenters. The Labute approximate surface area is 155 Å². The van der Waals surface area contributed by atoms with E-state index < -0.39 is 0 Å². The second-order valence-corrected chi connectivity index (χ2v) is 5.67. The Morgan fingerprint density at radius 2 is 1.77 bits per heavy atom. The normalized spacial score (nSPS) is 11.0. The van der Waals surface area contributed by atoms with Gasteiger partial charge in [0.1, 0.15) is 12.4 Å². The first-order valence-electron chi connectivity index (χ1n) is 8.48. The van der Waals surface area contributed by atoms with Gasteiger partial charge in [0.15, 0.2) is 17.5 Å². The van der Waals surface area contributed by atoms with E-state index >= 15 is 0 Å². The van der Waals surface area contributed by atoms with E-state index in [1.165, 1.54) is 0 Å². The van der Waals surface area contributed by atoms with Crippen LogP contribution in [0, 0.1) is 0 Å². The Balaban J connectivity index is 1.84. The van der Waals surface area contributed by atoms with E-state index in [1.807, 2.05) is 60.5 Å². The second kappa shape index (κ2) is 10.2. The lowest BCUT2D eigenvalue weighted by atomic mass is 10.2. The van der Waals surface area contributed by atoms with Gasteiger partial charge < -0.3 is 24.4 Å². The number of ether oxygens (including phenoxy) is 3. The lowest BCUT2D eigenvalue weighted by molar-refractivity contribution is 0.281. The average molecular weight is 357 g/mol. The lowest BCUT2D eigenvalue weighted by Gasteiger charge is -2.22. The molecule has 2 aromatic rings. The van der Waals surface area contributed by atoms with Crippen LogP contribution in [-0.4, -0.2) is 52.3 Å². The van der Waals surface area contributed by atoms with Gasteiger partial charge in [-0.3, -0.25) is 4.99 Å². The zero-order chi connectivity index (χ0) is 18.8. The number of aliphatic imine (C=N–C) groups is 1. The van der Waals surface area contributed by atoms with Crippen LogP contribution in [0.3, 0.4) is 0 Å². The number of methoxy groups -OCH3 is 2. The molecule has 0 amide bonds. The molecule has 2 aromatic carbocycles. The van der Waals surface area contributed by atoms with Gasteiger partial charge in [0.25, 0.3) is 0 Å². The predicted molar refractivity (Wildman–Crippen MR) is 104 cm³/mol. The number of guanidine groups is 1. The molecule has 0 unspecified atom stereocenters. The zero-order valence-corrected chi connectivity index (χ0v) is 15.9. The van der Waals surface area contributed by atoms with Crippen molar-refractivity contribution in [2.75, 3.05) is 41.5 Å². The summed E-state index contributed by atoms with van der Waals surface area (Å²) >= 11 is 0. The Morgan fingerprint density at radius 3 is 2.42 bits per heavy atom. The van der Waals surface area contributed by atoms with Gasteiger partial charge in [0.05, 0.1) is 20.8 Å². The quantitative estimate of drug-likeness (QED) is 0.582. The summed E-state index contributed by atoms with van der Waals surface area (Å²) in [6.45, 7) is 1.94. The van der Waals surface area contributed by atoms with Crippen molar-refractivity contribution in [3.63, 3.8) is 0 Å². The van der Waals surface area contributed by atoms with E-state index in [0.29, 0.717) is 18.9 Å². The second-order valence-electron chi connectivity index (χ2n) is 5.67. The van der Waals surface area contributed by atoms with Crippen LogP contribution in [0.2, 0.25) is 0 Å². The number of benzene rings is 2. The van der Waals surface area contributed by atoms with Crippen molar-refractivity contribution in [2.24, 2.45) is 4.99 Å². The molecular weight excluding hydrogens is 330 g/mol. The third-order valence-corrected chi connectivity index (χ3v) is 3.91. The van der Waals surface area contributed by atoms with Gasteiger partial charge in [-0.05, 0) is 29.8 Å². The fourth-order valence-electron chi connectivity index (χ4n) is 2.48. The molecule has 26 heavy (non-hydrogen) atoms. The highest BCUT2D eigenvalue weighted by molar-refractivity contribution is 5.79. The molecule has 0 fully saturated rings. The molecule has 2 rings (SSSR count). The van der Waals surface area contributed by atoms with E-state index in [4.69, 9.17) is 14.2 Å². The first-order valence-corrected chi connectivity index (χ1v) is 8.48. The minimum Gasteiger partial charge on any atom is -0.493 e. The van der Waals surface area contributed by atoms with Crippen molar-refractivity contribution in [3.8, 4) is 17.2 Å². The van der Waals surface area contributed by atoms with E-state index in [2.05, 4.69) is 10.3 Å². The minimum atomic E-state index is 0.581. The molecule has 0 aliphatic carbocycles. The third kappa shape index (κ3) is 5.58. The van der Waals surface area contributed by atoms with E-state index in [-0.39, 0.29) is 0 Å². The third-order valence-electron chi connectivity index (χ3n) is 3.91. The van der Waals surface area contributed by atoms with Crippen LogP contribution < -0.4 is 19.5 Å². The summed E-state index contributed by atoms with van der Waals surface area (Å²) in [4.78, 5) is 6.36. The summed E-state index contributed by atoms with van der Waals surface area (Å²) in [5, 5.41) is 3.35. The van der Waals surface area contributed by atoms with Crippen molar-refractivity contribution >= 4 is 5.96 Å². The molecule has 0 bridgehead atoms. The first kappa shape index (κ1) is 19.4. The number of hydrogen-bond acceptors (Lipinski definition) is 4. The molecule has 1 N–H and O–H groups in total. The number of rotatable bonds is 8. The van der Waals surface area contributed by atoms with Crippen LogP contribution in [0.1, 0.15) is 5.56 Å². The molecule has 0 radical (unpaired) electrons. The van der Waals surface area contributed by atoms with Crippen LogP contribution in [-0.2, 0) is 6.54 Å². The molecule has 0 saturated heterocycles. The van der Waals surface area contributed by atoms with Crippen molar-refractivity contribution in [2.45, 2.75) is 6.54 Å². The lowest BCUT2D eigenvalue weighted by Crippen LogP contribution is -2.40. The molecule has 0 spiro atoms. The summed E-state index contributed by atoms with van der Waals surface area (Å²) in [7, 11) is 7.02. The maximum atomic E-state index is 5.74. The van der Waals surface area contributed by atoms with E-state index in [9.17, 15) is 0 Å². The van der Waals surface area contributed by atoms with Gasteiger partial charge in [0, 0.05) is 20.6 Å². The van der Waals surface area contributed by atoms with Gasteiger partial charge in [0.2, 0.25) is 0 Å². The van der Waals surface area contributed by atoms with Crippen LogP contribution in [0.15, 0.2) is 53.5 Å². The molecule has 6 nitrogen and oxygen atoms in total. The SMILES string of the molecule is CN=C(NCc1ccc(OC)c(OC)c1)N(C)CCOc1ccccc1. The zero-order valence-electron chi connectivity index (χ0n) is 15.9. The Morgan fingerprint density at radius 1 is 1.04 bits per heavy atom. The van der Waals surface area contributed by atoms with E-state index in [0.717, 1.165) is 29.6 Å². The van der Waals surface area contributed by atoms with Crippen molar-refractivity contribution in [3.05, 3.63) is 54.1 Å². The van der Waals surface area contributed by atoms with Crippen molar-refractivity contribution in [1.29, 1.82) is 0 Å². The maximum absolute atomic E-state index is 5.74. The van der Waals surface area contributed by atoms with Gasteiger partial charge in [-0.25, -0.2) is 0 Å². The van der Waals surface area contributed by atoms with E-state index in [1.54, 1.807) is 21.3 Å². The van der Waals surface area contributed by atoms with Crippen molar-refractivity contribution in [1.82, 2.24) is 10.2 Å². The molecule has 0 aliphatic heterocycles. The molecule has 0 saturated carbocycles. The summed E-state index contributed by atoms with van der Waals surface area (Å²) in [6.07, 6.45) is 0. The Hall–Kier alpha value is -2.89. The van der Waals surface area contributed by atoms with Gasteiger partial charge in [-0.15, -0.1) is 0 Å². The summed E-state index contributed by atoms with van der Waals surface area (Å²) < 4.78 is 16.3. The van der Waals surface area contributed by atoms with Crippen molar-refractivity contribution < 1.29 is 14.2 Å². The largest absolute Gasteiger partial charge is 0.493 e. The number of hydrogen-bond donors (Lipinski definition) is 1. The number of para-hydroxylation sites is 1. The molecular formula is C20H27N3O3. The Kier molecular flexibility index (Phi) is 7.61. The summed E-state index contributed by atoms with van der Waals surface area (Å²) in [5.41, 5.74) is 1.08. The van der Waals surface area contributed by atoms with Crippen LogP contribution in [0.4, 0.5) is 0 Å². The molecule has 6 heteroatoms. The highest BCUT2D eigenvalue weighted by Gasteiger charge is 2.08. The Bertz CT molecular complexity index is 705. The fourth-order valence-corrected chi connectivity index (χ4v) is 2.48. The monoisotopic (exact) mass is 357 g/mol. The number of nitrogens with one attached hydrogen (secondary N) is 1. The summed E-state index contributed by atoms with van der Waals surface area (Å²) in [5.74, 6) is 3.10. The smallest absolute Gasteiger partial charge is 0.193 e. The average Bonchev–Trinajstić information content (AvgIpc) is 2.69. The highest BCUT2D eigenvalue weighted by Crippen LogP contribution is 2.27. The first-order chi connectivity index (χ1) is 12.7. The van der Waals surface area contributed by atoms with Crippen LogP contribution in [0.25, 0.3) is 0 Å². The predicted octanol–water partition coefficient (Wildman–Crippen LogP) is 2.79. The molecule has 0 aliphatic rings. The summed E-state index contributed by atoms with van der Waals surface area (Å²) in [6, 6.07) is 15.6. The topological polar surface area (TPSA) is 55.3 Å². The molecule has 0 heterocycles. The maximum Gasteiger partial charge on any atom is 0.193 e.